The summed E-state index contributed by atoms with van der Waals surface area (Å²) >= 11 is 0. The average Bonchev–Trinajstić information content (AvgIpc) is 3.41. The number of carbonyl (C=O) groups is 4. The predicted molar refractivity (Wildman–Crippen MR) is 135 cm³/mol. The first kappa shape index (κ1) is 28.8. The molecule has 0 spiro atoms. The number of anilines is 2. The highest BCUT2D eigenvalue weighted by molar-refractivity contribution is 6.23. The largest absolute Gasteiger partial charge is 0.573 e. The molecule has 2 aliphatic rings. The molecule has 1 aromatic heterocycles. The maximum absolute atomic E-state index is 13.4. The van der Waals surface area contributed by atoms with Gasteiger partial charge in [-0.15, -0.1) is 13.2 Å². The number of pyridine rings is 1. The molecule has 0 aliphatic carbocycles. The Hall–Kier alpha value is -4.20. The van der Waals surface area contributed by atoms with Crippen molar-refractivity contribution in [3.63, 3.8) is 0 Å². The van der Waals surface area contributed by atoms with E-state index in [2.05, 4.69) is 15.0 Å². The van der Waals surface area contributed by atoms with E-state index in [1.165, 1.54) is 12.0 Å². The fourth-order valence-corrected chi connectivity index (χ4v) is 4.70. The molecule has 1 unspecified atom stereocenters. The van der Waals surface area contributed by atoms with Gasteiger partial charge in [-0.1, -0.05) is 0 Å². The van der Waals surface area contributed by atoms with Crippen LogP contribution in [0.2, 0.25) is 0 Å². The van der Waals surface area contributed by atoms with Crippen molar-refractivity contribution in [2.45, 2.75) is 38.7 Å². The molecule has 11 nitrogen and oxygen atoms in total. The summed E-state index contributed by atoms with van der Waals surface area (Å²) in [6.07, 6.45) is -1.49. The molecule has 14 heteroatoms. The fourth-order valence-electron chi connectivity index (χ4n) is 4.70. The Labute approximate surface area is 227 Å². The van der Waals surface area contributed by atoms with E-state index in [-0.39, 0.29) is 31.0 Å². The number of amides is 4. The molecule has 40 heavy (non-hydrogen) atoms. The molecular weight excluding hydrogens is 535 g/mol. The lowest BCUT2D eigenvalue weighted by Gasteiger charge is -2.27. The minimum absolute atomic E-state index is 0.0444. The van der Waals surface area contributed by atoms with E-state index in [4.69, 9.17) is 4.74 Å². The summed E-state index contributed by atoms with van der Waals surface area (Å²) in [5, 5.41) is 2.39. The third-order valence-electron chi connectivity index (χ3n) is 6.81. The molecule has 1 atom stereocenters. The number of hydrogen-bond acceptors (Lipinski definition) is 8. The van der Waals surface area contributed by atoms with Crippen LogP contribution in [0.5, 0.6) is 5.75 Å². The molecule has 0 radical (unpaired) electrons. The normalized spacial score (nSPS) is 19.2. The Morgan fingerprint density at radius 1 is 1.15 bits per heavy atom. The fraction of sp³-hybridized carbons (Fsp3) is 0.423. The third kappa shape index (κ3) is 6.17. The molecule has 4 amide bonds. The van der Waals surface area contributed by atoms with Crippen molar-refractivity contribution in [2.24, 2.45) is 5.92 Å². The Balaban J connectivity index is 1.58. The van der Waals surface area contributed by atoms with Gasteiger partial charge in [0.15, 0.2) is 5.75 Å². The lowest BCUT2D eigenvalue weighted by Crippen LogP contribution is -2.43. The SMILES string of the molecule is COC(=O)C1CCN(CC(=O)Nc2cc(N3C(=O)N(Cc4ccncc4)C(C)(C)C3=O)ccc2OC(F)(F)F)C1. The van der Waals surface area contributed by atoms with Gasteiger partial charge in [0, 0.05) is 25.5 Å². The first-order valence-electron chi connectivity index (χ1n) is 12.3. The standard InChI is InChI=1S/C26H28F3N5O6/c1-25(2)23(37)34(24(38)33(25)13-16-6-9-30-10-7-16)18-4-5-20(40-26(27,28)29)19(12-18)31-21(35)15-32-11-8-17(14-32)22(36)39-3/h4-7,9-10,12,17H,8,11,13-15H2,1-3H3,(H,31,35). The molecule has 2 fully saturated rings. The van der Waals surface area contributed by atoms with Crippen molar-refractivity contribution in [3.05, 3.63) is 48.3 Å². The van der Waals surface area contributed by atoms with Crippen molar-refractivity contribution < 1.29 is 41.8 Å². The summed E-state index contributed by atoms with van der Waals surface area (Å²) in [5.74, 6) is -2.80. The number of esters is 1. The van der Waals surface area contributed by atoms with Gasteiger partial charge in [-0.25, -0.2) is 9.69 Å². The highest BCUT2D eigenvalue weighted by Crippen LogP contribution is 2.38. The predicted octanol–water partition coefficient (Wildman–Crippen LogP) is 3.16. The van der Waals surface area contributed by atoms with Crippen LogP contribution in [0.1, 0.15) is 25.8 Å². The monoisotopic (exact) mass is 563 g/mol. The molecular formula is C26H28F3N5O6. The van der Waals surface area contributed by atoms with Crippen molar-refractivity contribution >= 4 is 35.2 Å². The number of urea groups is 1. The summed E-state index contributed by atoms with van der Waals surface area (Å²) in [6.45, 7) is 3.69. The van der Waals surface area contributed by atoms with Gasteiger partial charge in [0.25, 0.3) is 5.91 Å². The maximum Gasteiger partial charge on any atom is 0.573 e. The second kappa shape index (κ2) is 11.1. The van der Waals surface area contributed by atoms with Crippen LogP contribution < -0.4 is 15.0 Å². The second-order valence-corrected chi connectivity index (χ2v) is 9.94. The van der Waals surface area contributed by atoms with E-state index in [9.17, 15) is 32.3 Å². The van der Waals surface area contributed by atoms with Crippen molar-refractivity contribution in [3.8, 4) is 5.75 Å². The van der Waals surface area contributed by atoms with E-state index >= 15 is 0 Å². The molecule has 0 bridgehead atoms. The Bertz CT molecular complexity index is 1300. The summed E-state index contributed by atoms with van der Waals surface area (Å²) in [6, 6.07) is 5.87. The van der Waals surface area contributed by atoms with E-state index in [1.807, 2.05) is 0 Å². The van der Waals surface area contributed by atoms with E-state index in [0.29, 0.717) is 13.0 Å². The number of aromatic nitrogens is 1. The number of ether oxygens (including phenoxy) is 2. The molecule has 4 rings (SSSR count). The minimum Gasteiger partial charge on any atom is -0.469 e. The number of likely N-dealkylation sites (tertiary alicyclic amines) is 1. The number of rotatable bonds is 8. The van der Waals surface area contributed by atoms with Crippen LogP contribution in [-0.2, 0) is 25.7 Å². The highest BCUT2D eigenvalue weighted by atomic mass is 19.4. The highest BCUT2D eigenvalue weighted by Gasteiger charge is 2.52. The number of alkyl halides is 3. The van der Waals surface area contributed by atoms with Gasteiger partial charge >= 0.3 is 18.4 Å². The van der Waals surface area contributed by atoms with Gasteiger partial charge < -0.3 is 19.7 Å². The zero-order chi connectivity index (χ0) is 29.2. The number of imide groups is 1. The van der Waals surface area contributed by atoms with Crippen molar-refractivity contribution in [1.82, 2.24) is 14.8 Å². The topological polar surface area (TPSA) is 121 Å². The third-order valence-corrected chi connectivity index (χ3v) is 6.81. The van der Waals surface area contributed by atoms with Crippen molar-refractivity contribution in [1.29, 1.82) is 0 Å². The molecule has 3 heterocycles. The number of nitrogens with one attached hydrogen (secondary N) is 1. The van der Waals surface area contributed by atoms with Gasteiger partial charge in [0.05, 0.1) is 30.9 Å². The van der Waals surface area contributed by atoms with Crippen LogP contribution in [0.15, 0.2) is 42.7 Å². The van der Waals surface area contributed by atoms with Gasteiger partial charge in [-0.3, -0.25) is 24.3 Å². The first-order valence-corrected chi connectivity index (χ1v) is 12.3. The summed E-state index contributed by atoms with van der Waals surface area (Å²) < 4.78 is 48.1. The lowest BCUT2D eigenvalue weighted by atomic mass is 10.0. The number of nitrogens with zero attached hydrogens (tertiary/aromatic N) is 4. The number of halogens is 3. The molecule has 0 saturated carbocycles. The summed E-state index contributed by atoms with van der Waals surface area (Å²) in [5.41, 5.74) is -0.965. The van der Waals surface area contributed by atoms with E-state index in [1.54, 1.807) is 43.3 Å². The lowest BCUT2D eigenvalue weighted by molar-refractivity contribution is -0.274. The molecule has 2 saturated heterocycles. The summed E-state index contributed by atoms with van der Waals surface area (Å²) in [4.78, 5) is 59.1. The van der Waals surface area contributed by atoms with Crippen LogP contribution in [0.3, 0.4) is 0 Å². The molecule has 214 valence electrons. The van der Waals surface area contributed by atoms with Crippen molar-refractivity contribution in [2.75, 3.05) is 37.0 Å². The van der Waals surface area contributed by atoms with Crippen LogP contribution in [-0.4, -0.2) is 77.2 Å². The van der Waals surface area contributed by atoms with Gasteiger partial charge in [0.2, 0.25) is 5.91 Å². The zero-order valence-corrected chi connectivity index (χ0v) is 22.0. The van der Waals surface area contributed by atoms with E-state index < -0.39 is 47.4 Å². The van der Waals surface area contributed by atoms with E-state index in [0.717, 1.165) is 28.7 Å². The smallest absolute Gasteiger partial charge is 0.469 e. The average molecular weight is 564 g/mol. The van der Waals surface area contributed by atoms with Gasteiger partial charge in [0.1, 0.15) is 5.54 Å². The van der Waals surface area contributed by atoms with Gasteiger partial charge in [-0.2, -0.15) is 0 Å². The van der Waals surface area contributed by atoms with Crippen LogP contribution in [0.25, 0.3) is 0 Å². The number of carbonyl (C=O) groups excluding carboxylic acids is 4. The molecule has 2 aromatic rings. The second-order valence-electron chi connectivity index (χ2n) is 9.94. The Morgan fingerprint density at radius 3 is 2.50 bits per heavy atom. The van der Waals surface area contributed by atoms with Gasteiger partial charge in [-0.05, 0) is 62.7 Å². The summed E-state index contributed by atoms with van der Waals surface area (Å²) in [7, 11) is 1.27. The number of benzene rings is 1. The zero-order valence-electron chi connectivity index (χ0n) is 22.0. The molecule has 2 aliphatic heterocycles. The molecule has 1 N–H and O–H groups in total. The minimum atomic E-state index is -5.06. The van der Waals surface area contributed by atoms with Crippen LogP contribution in [0, 0.1) is 5.92 Å². The number of methoxy groups -OCH3 is 1. The van der Waals surface area contributed by atoms with Crippen LogP contribution >= 0.6 is 0 Å². The molecule has 1 aromatic carbocycles. The maximum atomic E-state index is 13.4. The number of hydrogen-bond donors (Lipinski definition) is 1. The Morgan fingerprint density at radius 2 is 1.85 bits per heavy atom. The van der Waals surface area contributed by atoms with Crippen LogP contribution in [0.4, 0.5) is 29.3 Å². The first-order chi connectivity index (χ1) is 18.8. The Kier molecular flexibility index (Phi) is 8.00. The quantitative estimate of drug-likeness (QED) is 0.384.